The second-order valence-corrected chi connectivity index (χ2v) is 18.2. The van der Waals surface area contributed by atoms with Crippen molar-refractivity contribution in [2.45, 2.75) is 109 Å². The molecule has 0 atom stereocenters. The van der Waals surface area contributed by atoms with Gasteiger partial charge in [0.05, 0.1) is 22.2 Å². The summed E-state index contributed by atoms with van der Waals surface area (Å²) in [4.78, 5) is 0. The third-order valence-corrected chi connectivity index (χ3v) is 14.0. The quantitative estimate of drug-likeness (QED) is 0.129. The number of benzene rings is 6. The fourth-order valence-corrected chi connectivity index (χ4v) is 8.82. The van der Waals surface area contributed by atoms with Gasteiger partial charge in [0.2, 0.25) is 0 Å². The minimum absolute atomic E-state index is 0.246. The van der Waals surface area contributed by atoms with Crippen LogP contribution in [-0.4, -0.2) is 63.2 Å². The molecule has 3 heterocycles. The predicted molar refractivity (Wildman–Crippen MR) is 220 cm³/mol. The van der Waals surface area contributed by atoms with E-state index >= 15 is 0 Å². The Kier molecular flexibility index (Phi) is 8.79. The normalized spacial score (nSPS) is 21.8. The van der Waals surface area contributed by atoms with Crippen LogP contribution < -0.4 is 4.74 Å². The Morgan fingerprint density at radius 1 is 0.393 bits per heavy atom. The van der Waals surface area contributed by atoms with Gasteiger partial charge in [0, 0.05) is 16.5 Å². The monoisotopic (exact) mass is 754 g/mol. The maximum absolute atomic E-state index is 11.0. The van der Waals surface area contributed by atoms with Crippen molar-refractivity contribution >= 4 is 32.3 Å². The molecule has 0 unspecified atom stereocenters. The van der Waals surface area contributed by atoms with Crippen molar-refractivity contribution in [3.63, 3.8) is 0 Å². The number of ether oxygens (including phenoxy) is 1. The highest BCUT2D eigenvalue weighted by molar-refractivity contribution is 6.25. The number of hydroxylamine groups is 8. The van der Waals surface area contributed by atoms with E-state index in [0.29, 0.717) is 0 Å². The van der Waals surface area contributed by atoms with E-state index in [1.807, 2.05) is 97.9 Å². The van der Waals surface area contributed by atoms with Gasteiger partial charge in [-0.3, -0.25) is 0 Å². The molecule has 4 N–H and O–H groups in total. The Hall–Kier alpha value is -4.42. The lowest BCUT2D eigenvalue weighted by Crippen LogP contribution is -2.52. The van der Waals surface area contributed by atoms with E-state index in [0.717, 1.165) is 39.1 Å². The van der Waals surface area contributed by atoms with Crippen LogP contribution in [0, 0.1) is 0 Å². The van der Waals surface area contributed by atoms with Gasteiger partial charge >= 0.3 is 0 Å². The van der Waals surface area contributed by atoms with Crippen LogP contribution in [0.4, 0.5) is 0 Å². The number of para-hydroxylation sites is 1. The van der Waals surface area contributed by atoms with Crippen LogP contribution in [0.2, 0.25) is 0 Å². The van der Waals surface area contributed by atoms with Crippen LogP contribution in [0.5, 0.6) is 11.5 Å². The summed E-state index contributed by atoms with van der Waals surface area (Å²) in [5.74, 6) is 1.69. The van der Waals surface area contributed by atoms with Gasteiger partial charge in [0.1, 0.15) is 23.8 Å². The zero-order chi connectivity index (χ0) is 40.3. The van der Waals surface area contributed by atoms with Crippen molar-refractivity contribution in [1.82, 2.24) is 20.3 Å². The van der Waals surface area contributed by atoms with Crippen molar-refractivity contribution < 1.29 is 25.6 Å². The van der Waals surface area contributed by atoms with Gasteiger partial charge in [-0.25, -0.2) is 0 Å². The van der Waals surface area contributed by atoms with E-state index in [-0.39, 0.29) is 5.41 Å². The molecule has 2 saturated heterocycles. The number of rotatable bonds is 2. The van der Waals surface area contributed by atoms with E-state index in [2.05, 4.69) is 80.6 Å². The summed E-state index contributed by atoms with van der Waals surface area (Å²) in [6, 6.07) is 37.1. The van der Waals surface area contributed by atoms with Crippen LogP contribution in [0.1, 0.15) is 104 Å². The first-order valence-electron chi connectivity index (χ1n) is 19.4. The van der Waals surface area contributed by atoms with Crippen LogP contribution >= 0.6 is 0 Å². The largest absolute Gasteiger partial charge is 0.457 e. The Bertz CT molecular complexity index is 2430. The van der Waals surface area contributed by atoms with Gasteiger partial charge in [-0.1, -0.05) is 98.8 Å². The van der Waals surface area contributed by atoms with Gasteiger partial charge in [0.25, 0.3) is 0 Å². The predicted octanol–water partition coefficient (Wildman–Crippen LogP) is 11.2. The number of hydrogen-bond acceptors (Lipinski definition) is 9. The molecule has 6 aromatic rings. The van der Waals surface area contributed by atoms with Crippen LogP contribution in [0.3, 0.4) is 0 Å². The van der Waals surface area contributed by atoms with E-state index < -0.39 is 34.5 Å². The molecule has 0 bridgehead atoms. The summed E-state index contributed by atoms with van der Waals surface area (Å²) in [7, 11) is 0. The van der Waals surface area contributed by atoms with Crippen LogP contribution in [0.25, 0.3) is 32.3 Å². The third kappa shape index (κ3) is 5.30. The van der Waals surface area contributed by atoms with Crippen molar-refractivity contribution in [1.29, 1.82) is 0 Å². The lowest BCUT2D eigenvalue weighted by Gasteiger charge is -2.37. The highest BCUT2D eigenvalue weighted by Gasteiger charge is 2.59. The molecule has 0 saturated carbocycles. The molecule has 3 aliphatic rings. The van der Waals surface area contributed by atoms with E-state index in [1.54, 1.807) is 0 Å². The van der Waals surface area contributed by atoms with Gasteiger partial charge in [-0.2, -0.15) is 20.3 Å². The molecule has 0 radical (unpaired) electrons. The van der Waals surface area contributed by atoms with E-state index in [4.69, 9.17) is 4.74 Å². The first-order valence-corrected chi connectivity index (χ1v) is 19.4. The summed E-state index contributed by atoms with van der Waals surface area (Å²) >= 11 is 0. The zero-order valence-electron chi connectivity index (χ0n) is 34.0. The molecule has 0 aliphatic carbocycles. The maximum Gasteiger partial charge on any atom is 0.136 e. The van der Waals surface area contributed by atoms with Crippen molar-refractivity contribution in [2.75, 3.05) is 0 Å². The summed E-state index contributed by atoms with van der Waals surface area (Å²) in [6.07, 6.45) is -1.28. The minimum Gasteiger partial charge on any atom is -0.457 e. The molecule has 0 amide bonds. The fraction of sp³-hybridized carbons (Fsp3) is 0.362. The summed E-state index contributed by atoms with van der Waals surface area (Å²) in [5, 5.41) is 55.8. The Morgan fingerprint density at radius 2 is 0.750 bits per heavy atom. The zero-order valence-corrected chi connectivity index (χ0v) is 34.0. The summed E-state index contributed by atoms with van der Waals surface area (Å²) < 4.78 is 6.11. The highest BCUT2D eigenvalue weighted by Crippen LogP contribution is 2.52. The van der Waals surface area contributed by atoms with Crippen LogP contribution in [0.15, 0.2) is 109 Å². The molecule has 56 heavy (non-hydrogen) atoms. The smallest absolute Gasteiger partial charge is 0.136 e. The minimum atomic E-state index is -0.645. The third-order valence-electron chi connectivity index (χ3n) is 14.0. The molecule has 9 rings (SSSR count). The number of nitrogens with zero attached hydrogens (tertiary/aromatic N) is 4. The van der Waals surface area contributed by atoms with E-state index in [1.165, 1.54) is 47.2 Å². The van der Waals surface area contributed by atoms with Gasteiger partial charge < -0.3 is 25.6 Å². The van der Waals surface area contributed by atoms with Gasteiger partial charge in [0.15, 0.2) is 0 Å². The molecule has 3 aliphatic heterocycles. The number of fused-ring (bicyclic) bond motifs is 8. The average molecular weight is 755 g/mol. The second kappa shape index (κ2) is 12.8. The Labute approximate surface area is 329 Å². The van der Waals surface area contributed by atoms with Crippen LogP contribution in [-0.2, 0) is 5.41 Å². The van der Waals surface area contributed by atoms with E-state index in [9.17, 15) is 20.8 Å². The molecule has 2 fully saturated rings. The average Bonchev–Trinajstić information content (AvgIpc) is 3.37. The first-order chi connectivity index (χ1) is 26.2. The van der Waals surface area contributed by atoms with Crippen molar-refractivity contribution in [3.8, 4) is 11.5 Å². The summed E-state index contributed by atoms with van der Waals surface area (Å²) in [5.41, 5.74) is 1.13. The molecule has 0 spiro atoms. The maximum atomic E-state index is 11.0. The Balaban J connectivity index is 0.000000158. The SMILES string of the molecule is CC1(C)N(O)C(c2ccc3c4ccccc4c4ccccc4c3c2)N(O)C1(C)C.CC1(C)c2ccccc2Oc2ccc(C3N(O)C(C)(C)C(C)(C)N3O)cc21. The molecule has 9 nitrogen and oxygen atoms in total. The molecule has 0 aromatic heterocycles. The van der Waals surface area contributed by atoms with Crippen molar-refractivity contribution in [3.05, 3.63) is 131 Å². The van der Waals surface area contributed by atoms with Crippen molar-refractivity contribution in [2.24, 2.45) is 0 Å². The topological polar surface area (TPSA) is 103 Å². The number of hydrogen-bond donors (Lipinski definition) is 4. The second-order valence-electron chi connectivity index (χ2n) is 18.2. The lowest BCUT2D eigenvalue weighted by atomic mass is 9.75. The molecule has 9 heteroatoms. The molecular weight excluding hydrogens is 701 g/mol. The molecule has 6 aromatic carbocycles. The highest BCUT2D eigenvalue weighted by atomic mass is 16.6. The molecular formula is C47H54N4O5. The Morgan fingerprint density at radius 3 is 1.23 bits per heavy atom. The summed E-state index contributed by atoms with van der Waals surface area (Å²) in [6.45, 7) is 19.8. The van der Waals surface area contributed by atoms with Gasteiger partial charge in [-0.15, -0.1) is 0 Å². The fourth-order valence-electron chi connectivity index (χ4n) is 8.82. The first kappa shape index (κ1) is 38.5. The molecule has 292 valence electrons. The standard InChI is InChI=1S/C25H26N2O2.C22H28N2O3/c1-24(2)25(3,4)27(29)23(26(24)28)16-13-14-21-19-11-6-5-9-17(19)18-10-7-8-12-20(18)22(21)15-16;1-20(2)15-9-7-8-10-17(15)27-18-12-11-14(13-16(18)20)19-23(25)21(3,4)22(5,6)24(19)26/h5-15,23,28-29H,1-4H3;7-13,19,25-26H,1-6H3. The van der Waals surface area contributed by atoms with Gasteiger partial charge in [-0.05, 0) is 123 Å². The lowest BCUT2D eigenvalue weighted by molar-refractivity contribution is -0.223.